The molecule has 1 aromatic rings. The van der Waals surface area contributed by atoms with Crippen LogP contribution in [0.4, 0.5) is 13.2 Å². The van der Waals surface area contributed by atoms with Gasteiger partial charge in [0.15, 0.2) is 12.1 Å². The molecule has 3 aliphatic heterocycles. The van der Waals surface area contributed by atoms with Gasteiger partial charge in [-0.3, -0.25) is 15.0 Å². The Labute approximate surface area is 177 Å². The van der Waals surface area contributed by atoms with Gasteiger partial charge in [-0.1, -0.05) is 0 Å². The van der Waals surface area contributed by atoms with Gasteiger partial charge in [-0.2, -0.15) is 13.2 Å². The fraction of sp³-hybridized carbons (Fsp3) is 0.400. The van der Waals surface area contributed by atoms with E-state index in [-0.39, 0.29) is 12.5 Å². The monoisotopic (exact) mass is 433 g/mol. The second-order valence-corrected chi connectivity index (χ2v) is 7.32. The van der Waals surface area contributed by atoms with Crippen molar-refractivity contribution in [2.24, 2.45) is 15.0 Å². The fourth-order valence-corrected chi connectivity index (χ4v) is 3.77. The molecule has 1 fully saturated rings. The van der Waals surface area contributed by atoms with Crippen LogP contribution in [0.2, 0.25) is 0 Å². The average Bonchev–Trinajstić information content (AvgIpc) is 3.43. The topological polar surface area (TPSA) is 81.6 Å². The number of nitrogens with zero attached hydrogens (tertiary/aromatic N) is 6. The van der Waals surface area contributed by atoms with E-state index in [2.05, 4.69) is 36.9 Å². The second kappa shape index (κ2) is 8.78. The number of alkyl halides is 3. The van der Waals surface area contributed by atoms with Gasteiger partial charge < -0.3 is 19.5 Å². The number of hydrogen-bond donors (Lipinski definition) is 1. The van der Waals surface area contributed by atoms with Crippen molar-refractivity contribution < 1.29 is 17.6 Å². The molecule has 0 spiro atoms. The summed E-state index contributed by atoms with van der Waals surface area (Å²) < 4.78 is 44.3. The SMILES string of the molecule is C=N/C=C\C(=NCC1=CNC2C=NC(C(F)(F)F)=CN12)N1CCCC(c2cocn2)C1. The Morgan fingerprint density at radius 3 is 3.03 bits per heavy atom. The van der Waals surface area contributed by atoms with Crippen LogP contribution in [-0.4, -0.2) is 65.5 Å². The summed E-state index contributed by atoms with van der Waals surface area (Å²) in [4.78, 5) is 19.8. The maximum atomic E-state index is 13.1. The lowest BCUT2D eigenvalue weighted by Crippen LogP contribution is -2.39. The van der Waals surface area contributed by atoms with Crippen LogP contribution in [-0.2, 0) is 0 Å². The molecule has 11 heteroatoms. The van der Waals surface area contributed by atoms with Crippen molar-refractivity contribution in [1.29, 1.82) is 0 Å². The van der Waals surface area contributed by atoms with E-state index in [4.69, 9.17) is 4.42 Å². The lowest BCUT2D eigenvalue weighted by atomic mass is 9.95. The first-order chi connectivity index (χ1) is 15.0. The molecule has 3 aliphatic rings. The largest absolute Gasteiger partial charge is 0.451 e. The van der Waals surface area contributed by atoms with Crippen LogP contribution in [0, 0.1) is 0 Å². The Bertz CT molecular complexity index is 946. The van der Waals surface area contributed by atoms with E-state index in [1.165, 1.54) is 17.5 Å². The summed E-state index contributed by atoms with van der Waals surface area (Å²) in [5.41, 5.74) is 0.572. The minimum Gasteiger partial charge on any atom is -0.451 e. The normalized spacial score (nSPS) is 24.2. The molecule has 2 unspecified atom stereocenters. The molecule has 8 nitrogen and oxygen atoms in total. The molecule has 0 aromatic carbocycles. The van der Waals surface area contributed by atoms with Crippen molar-refractivity contribution in [3.63, 3.8) is 0 Å². The van der Waals surface area contributed by atoms with Gasteiger partial charge in [0.2, 0.25) is 0 Å². The Balaban J connectivity index is 1.50. The zero-order valence-corrected chi connectivity index (χ0v) is 16.7. The fourth-order valence-electron chi connectivity index (χ4n) is 3.77. The third kappa shape index (κ3) is 4.70. The molecule has 4 rings (SSSR count). The van der Waals surface area contributed by atoms with Crippen LogP contribution in [0.25, 0.3) is 0 Å². The zero-order chi connectivity index (χ0) is 21.8. The molecule has 4 heterocycles. The van der Waals surface area contributed by atoms with Gasteiger partial charge in [-0.05, 0) is 25.6 Å². The third-order valence-corrected chi connectivity index (χ3v) is 5.31. The van der Waals surface area contributed by atoms with E-state index in [9.17, 15) is 13.2 Å². The minimum atomic E-state index is -4.51. The number of rotatable bonds is 5. The highest BCUT2D eigenvalue weighted by Crippen LogP contribution is 2.31. The summed E-state index contributed by atoms with van der Waals surface area (Å²) in [5.74, 6) is 0.908. The quantitative estimate of drug-likeness (QED) is 0.570. The van der Waals surface area contributed by atoms with Crippen LogP contribution < -0.4 is 5.32 Å². The summed E-state index contributed by atoms with van der Waals surface area (Å²) in [5, 5.41) is 3.01. The molecule has 0 amide bonds. The van der Waals surface area contributed by atoms with Crippen LogP contribution >= 0.6 is 0 Å². The third-order valence-electron chi connectivity index (χ3n) is 5.31. The van der Waals surface area contributed by atoms with Crippen LogP contribution in [0.5, 0.6) is 0 Å². The molecule has 1 aromatic heterocycles. The number of piperidine rings is 1. The van der Waals surface area contributed by atoms with Crippen molar-refractivity contribution >= 4 is 18.8 Å². The van der Waals surface area contributed by atoms with Crippen LogP contribution in [0.3, 0.4) is 0 Å². The van der Waals surface area contributed by atoms with E-state index in [1.807, 2.05) is 0 Å². The Morgan fingerprint density at radius 2 is 2.29 bits per heavy atom. The molecule has 0 saturated carbocycles. The number of amidine groups is 1. The van der Waals surface area contributed by atoms with Crippen molar-refractivity contribution in [2.75, 3.05) is 19.6 Å². The molecule has 164 valence electrons. The van der Waals surface area contributed by atoms with Gasteiger partial charge >= 0.3 is 6.18 Å². The van der Waals surface area contributed by atoms with Crippen molar-refractivity contribution in [3.05, 3.63) is 54.4 Å². The summed E-state index contributed by atoms with van der Waals surface area (Å²) in [6, 6.07) is 0. The number of aromatic nitrogens is 1. The van der Waals surface area contributed by atoms with Crippen molar-refractivity contribution in [2.45, 2.75) is 31.1 Å². The number of aliphatic imine (C=N–C) groups is 3. The molecule has 0 radical (unpaired) electrons. The maximum absolute atomic E-state index is 13.1. The smallest absolute Gasteiger partial charge is 0.434 e. The average molecular weight is 433 g/mol. The number of halogens is 3. The van der Waals surface area contributed by atoms with Gasteiger partial charge in [0.05, 0.1) is 17.9 Å². The highest BCUT2D eigenvalue weighted by atomic mass is 19.4. The van der Waals surface area contributed by atoms with E-state index < -0.39 is 18.0 Å². The van der Waals surface area contributed by atoms with Crippen LogP contribution in [0.15, 0.2) is 68.1 Å². The van der Waals surface area contributed by atoms with Crippen LogP contribution in [0.1, 0.15) is 24.5 Å². The first-order valence-corrected chi connectivity index (χ1v) is 9.82. The van der Waals surface area contributed by atoms with Gasteiger partial charge in [-0.25, -0.2) is 4.98 Å². The maximum Gasteiger partial charge on any atom is 0.434 e. The number of nitrogens with one attached hydrogen (secondary N) is 1. The van der Waals surface area contributed by atoms with Gasteiger partial charge in [0.25, 0.3) is 0 Å². The highest BCUT2D eigenvalue weighted by Gasteiger charge is 2.38. The molecule has 0 aliphatic carbocycles. The molecule has 2 atom stereocenters. The summed E-state index contributed by atoms with van der Waals surface area (Å²) in [6.45, 7) is 5.18. The number of allylic oxidation sites excluding steroid dienone is 1. The van der Waals surface area contributed by atoms with Crippen molar-refractivity contribution in [3.8, 4) is 0 Å². The first kappa shape index (κ1) is 20.9. The molecule has 1 N–H and O–H groups in total. The second-order valence-electron chi connectivity index (χ2n) is 7.32. The van der Waals surface area contributed by atoms with Crippen molar-refractivity contribution in [1.82, 2.24) is 20.1 Å². The van der Waals surface area contributed by atoms with E-state index in [0.717, 1.165) is 31.3 Å². The predicted octanol–water partition coefficient (Wildman–Crippen LogP) is 3.03. The molecular formula is C20H22F3N7O. The molecule has 1 saturated heterocycles. The Kier molecular flexibility index (Phi) is 5.92. The zero-order valence-electron chi connectivity index (χ0n) is 16.7. The van der Waals surface area contributed by atoms with E-state index >= 15 is 0 Å². The van der Waals surface area contributed by atoms with Gasteiger partial charge in [-0.15, -0.1) is 0 Å². The summed E-state index contributed by atoms with van der Waals surface area (Å²) >= 11 is 0. The van der Waals surface area contributed by atoms with Gasteiger partial charge in [0.1, 0.15) is 18.3 Å². The lowest BCUT2D eigenvalue weighted by molar-refractivity contribution is -0.0937. The predicted molar refractivity (Wildman–Crippen MR) is 111 cm³/mol. The highest BCUT2D eigenvalue weighted by molar-refractivity contribution is 5.93. The Hall–Kier alpha value is -3.37. The van der Waals surface area contributed by atoms with E-state index in [0.29, 0.717) is 18.1 Å². The molecule has 31 heavy (non-hydrogen) atoms. The van der Waals surface area contributed by atoms with E-state index in [1.54, 1.807) is 24.7 Å². The summed E-state index contributed by atoms with van der Waals surface area (Å²) in [7, 11) is 0. The number of likely N-dealkylation sites (tertiary alicyclic amines) is 1. The minimum absolute atomic E-state index is 0.195. The first-order valence-electron chi connectivity index (χ1n) is 9.82. The lowest BCUT2D eigenvalue weighted by Gasteiger charge is -2.33. The standard InChI is InChI=1S/C20H22F3N7O/c1-24-5-4-18(29-6-2-3-14(10-29)16-12-31-13-28-16)26-7-15-8-27-19-9-25-17(11-30(15)19)20(21,22)23/h4-5,8-9,11-14,19,27H,1-3,6-7,10H2/b5-4-,26-18?. The summed E-state index contributed by atoms with van der Waals surface area (Å²) in [6.07, 6.45) is 7.30. The number of hydrogen-bond acceptors (Lipinski definition) is 7. The van der Waals surface area contributed by atoms with Gasteiger partial charge in [0, 0.05) is 43.8 Å². The number of fused-ring (bicyclic) bond motifs is 1. The molecular weight excluding hydrogens is 411 g/mol. The number of oxazole rings is 1. The molecule has 0 bridgehead atoms. The Morgan fingerprint density at radius 1 is 1.42 bits per heavy atom.